The van der Waals surface area contributed by atoms with Crippen LogP contribution in [0.5, 0.6) is 0 Å². The number of nitrogens with zero attached hydrogens (tertiary/aromatic N) is 1. The molecule has 0 unspecified atom stereocenters. The molecule has 0 atom stereocenters. The van der Waals surface area contributed by atoms with Crippen LogP contribution in [-0.4, -0.2) is 4.57 Å². The summed E-state index contributed by atoms with van der Waals surface area (Å²) in [6.07, 6.45) is 9.06. The van der Waals surface area contributed by atoms with E-state index in [0.717, 1.165) is 12.8 Å². The highest BCUT2D eigenvalue weighted by Gasteiger charge is 2.31. The number of allylic oxidation sites excluding steroid dienone is 3. The predicted molar refractivity (Wildman–Crippen MR) is 255 cm³/mol. The quantitative estimate of drug-likeness (QED) is 0.158. The Hall–Kier alpha value is -6.44. The van der Waals surface area contributed by atoms with Gasteiger partial charge in [0.05, 0.1) is 11.2 Å². The van der Waals surface area contributed by atoms with Gasteiger partial charge in [-0.2, -0.15) is 0 Å². The Kier molecular flexibility index (Phi) is 7.89. The van der Waals surface area contributed by atoms with Gasteiger partial charge in [-0.05, 0) is 136 Å². The Labute approximate surface area is 348 Å². The molecule has 0 fully saturated rings. The molecule has 286 valence electrons. The zero-order valence-electron chi connectivity index (χ0n) is 34.9. The summed E-state index contributed by atoms with van der Waals surface area (Å²) < 4.78 is 2.64. The van der Waals surface area contributed by atoms with Crippen LogP contribution < -0.4 is 0 Å². The van der Waals surface area contributed by atoms with Gasteiger partial charge in [-0.1, -0.05) is 181 Å². The number of benzene rings is 8. The molecule has 1 nitrogen and oxygen atoms in total. The fraction of sp³-hybridized carbons (Fsp3) is 0.172. The van der Waals surface area contributed by atoms with E-state index < -0.39 is 0 Å². The molecule has 59 heavy (non-hydrogen) atoms. The standard InChI is InChI=1S/C58H49N/c1-57(2,3)53-45-32-29-43(35-48(45)54(58(4,5)6)44-30-28-41(33-47(44)53)36-17-10-7-11-18-36)59-55(40-21-14-9-15-22-40)52(37-19-12-8-13-20-37)49-34-42-26-25-38-23-16-24-39-27-31-46(56(49)59)51(42)50(38)39/h7-23,25-30,32-35H,24,31H2,1-6H3. The molecule has 0 bridgehead atoms. The highest BCUT2D eigenvalue weighted by atomic mass is 15.0. The fourth-order valence-corrected chi connectivity index (χ4v) is 10.7. The minimum atomic E-state index is -0.119. The average molecular weight is 760 g/mol. The summed E-state index contributed by atoms with van der Waals surface area (Å²) in [4.78, 5) is 0. The zero-order valence-corrected chi connectivity index (χ0v) is 34.9. The minimum absolute atomic E-state index is 0.0970. The summed E-state index contributed by atoms with van der Waals surface area (Å²) in [6.45, 7) is 14.3. The van der Waals surface area contributed by atoms with Crippen LogP contribution in [0.1, 0.15) is 75.8 Å². The smallest absolute Gasteiger partial charge is 0.0619 e. The molecule has 0 radical (unpaired) electrons. The van der Waals surface area contributed by atoms with Crippen LogP contribution in [0.25, 0.3) is 94.1 Å². The highest BCUT2D eigenvalue weighted by Crippen LogP contribution is 2.51. The molecule has 0 spiro atoms. The molecule has 0 saturated carbocycles. The maximum atomic E-state index is 2.64. The summed E-state index contributed by atoms with van der Waals surface area (Å²) in [5.74, 6) is 0. The molecule has 2 aliphatic carbocycles. The number of aromatic nitrogens is 1. The third-order valence-electron chi connectivity index (χ3n) is 12.9. The molecule has 11 rings (SSSR count). The Balaban J connectivity index is 1.31. The van der Waals surface area contributed by atoms with E-state index >= 15 is 0 Å². The first-order valence-corrected chi connectivity index (χ1v) is 21.3. The van der Waals surface area contributed by atoms with Crippen LogP contribution in [0.3, 0.4) is 0 Å². The molecular formula is C58H49N. The van der Waals surface area contributed by atoms with Crippen molar-refractivity contribution in [2.24, 2.45) is 0 Å². The van der Waals surface area contributed by atoms with Gasteiger partial charge in [0.25, 0.3) is 0 Å². The highest BCUT2D eigenvalue weighted by molar-refractivity contribution is 6.17. The van der Waals surface area contributed by atoms with Gasteiger partial charge >= 0.3 is 0 Å². The van der Waals surface area contributed by atoms with Crippen molar-refractivity contribution in [1.29, 1.82) is 0 Å². The summed E-state index contributed by atoms with van der Waals surface area (Å²) >= 11 is 0. The molecule has 1 aromatic heterocycles. The molecule has 9 aromatic rings. The number of hydrogen-bond acceptors (Lipinski definition) is 0. The molecule has 0 N–H and O–H groups in total. The second kappa shape index (κ2) is 13.0. The Bertz CT molecular complexity index is 3230. The van der Waals surface area contributed by atoms with Crippen LogP contribution in [0, 0.1) is 0 Å². The van der Waals surface area contributed by atoms with Crippen LogP contribution in [-0.2, 0) is 17.3 Å². The molecule has 0 aliphatic heterocycles. The van der Waals surface area contributed by atoms with Crippen molar-refractivity contribution in [3.05, 3.63) is 186 Å². The van der Waals surface area contributed by atoms with Gasteiger partial charge in [0.15, 0.2) is 0 Å². The number of fused-ring (bicyclic) bond motifs is 4. The largest absolute Gasteiger partial charge is 0.308 e. The maximum absolute atomic E-state index is 2.64. The van der Waals surface area contributed by atoms with E-state index in [0.29, 0.717) is 0 Å². The third kappa shape index (κ3) is 5.51. The molecule has 1 heteroatoms. The Morgan fingerprint density at radius 1 is 0.475 bits per heavy atom. The van der Waals surface area contributed by atoms with Crippen molar-refractivity contribution in [3.63, 3.8) is 0 Å². The number of hydrogen-bond donors (Lipinski definition) is 0. The van der Waals surface area contributed by atoms with Crippen molar-refractivity contribution in [2.75, 3.05) is 0 Å². The maximum Gasteiger partial charge on any atom is 0.0619 e. The van der Waals surface area contributed by atoms with Crippen LogP contribution in [0.4, 0.5) is 0 Å². The van der Waals surface area contributed by atoms with Gasteiger partial charge in [0.2, 0.25) is 0 Å². The predicted octanol–water partition coefficient (Wildman–Crippen LogP) is 16.0. The van der Waals surface area contributed by atoms with E-state index in [-0.39, 0.29) is 10.8 Å². The van der Waals surface area contributed by atoms with E-state index in [9.17, 15) is 0 Å². The normalized spacial score (nSPS) is 13.8. The van der Waals surface area contributed by atoms with Crippen LogP contribution >= 0.6 is 0 Å². The van der Waals surface area contributed by atoms with Gasteiger partial charge in [0.1, 0.15) is 0 Å². The van der Waals surface area contributed by atoms with Crippen molar-refractivity contribution in [1.82, 2.24) is 4.57 Å². The second-order valence-corrected chi connectivity index (χ2v) is 18.8. The lowest BCUT2D eigenvalue weighted by Crippen LogP contribution is -2.18. The Morgan fingerprint density at radius 3 is 1.75 bits per heavy atom. The summed E-state index contributed by atoms with van der Waals surface area (Å²) in [5.41, 5.74) is 18.2. The molecular weight excluding hydrogens is 711 g/mol. The Morgan fingerprint density at radius 2 is 1.08 bits per heavy atom. The summed E-state index contributed by atoms with van der Waals surface area (Å²) in [6, 6.07) is 54.8. The monoisotopic (exact) mass is 759 g/mol. The molecule has 0 amide bonds. The third-order valence-corrected chi connectivity index (χ3v) is 12.9. The lowest BCUT2D eigenvalue weighted by atomic mass is 9.73. The second-order valence-electron chi connectivity index (χ2n) is 18.8. The van der Waals surface area contributed by atoms with Crippen molar-refractivity contribution < 1.29 is 0 Å². The number of rotatable bonds is 4. The van der Waals surface area contributed by atoms with Gasteiger partial charge in [-0.25, -0.2) is 0 Å². The fourth-order valence-electron chi connectivity index (χ4n) is 10.7. The lowest BCUT2D eigenvalue weighted by molar-refractivity contribution is 0.593. The minimum Gasteiger partial charge on any atom is -0.308 e. The first-order valence-electron chi connectivity index (χ1n) is 21.3. The summed E-state index contributed by atoms with van der Waals surface area (Å²) in [7, 11) is 0. The van der Waals surface area contributed by atoms with Gasteiger partial charge in [0, 0.05) is 16.6 Å². The zero-order chi connectivity index (χ0) is 40.2. The SMILES string of the molecule is CC(C)(C)c1c2ccc(-n3c(-c4ccccc4)c(-c4ccccc4)c4cc5ccc6c7c5c(c43)CC=C7CC=C6)cc2c(C(C)(C)C)c2ccc(-c3ccccc3)cc12. The molecule has 0 saturated heterocycles. The van der Waals surface area contributed by atoms with E-state index in [1.165, 1.54) is 116 Å². The van der Waals surface area contributed by atoms with E-state index in [1.807, 2.05) is 0 Å². The molecule has 2 aliphatic rings. The molecule has 1 heterocycles. The van der Waals surface area contributed by atoms with Gasteiger partial charge < -0.3 is 4.57 Å². The first-order chi connectivity index (χ1) is 28.6. The lowest BCUT2D eigenvalue weighted by Gasteiger charge is -2.31. The van der Waals surface area contributed by atoms with E-state index in [1.54, 1.807) is 0 Å². The van der Waals surface area contributed by atoms with Crippen molar-refractivity contribution in [3.8, 4) is 39.2 Å². The van der Waals surface area contributed by atoms with Crippen LogP contribution in [0.15, 0.2) is 158 Å². The van der Waals surface area contributed by atoms with Crippen molar-refractivity contribution >= 4 is 54.9 Å². The van der Waals surface area contributed by atoms with Gasteiger partial charge in [-0.3, -0.25) is 0 Å². The topological polar surface area (TPSA) is 4.93 Å². The van der Waals surface area contributed by atoms with Crippen molar-refractivity contribution in [2.45, 2.75) is 65.2 Å². The molecule has 8 aromatic carbocycles. The van der Waals surface area contributed by atoms with E-state index in [2.05, 4.69) is 210 Å². The first kappa shape index (κ1) is 35.7. The van der Waals surface area contributed by atoms with Gasteiger partial charge in [-0.15, -0.1) is 0 Å². The summed E-state index contributed by atoms with van der Waals surface area (Å²) in [5, 5.41) is 9.41. The average Bonchev–Trinajstić information content (AvgIpc) is 3.59. The van der Waals surface area contributed by atoms with Crippen LogP contribution in [0.2, 0.25) is 0 Å². The van der Waals surface area contributed by atoms with E-state index in [4.69, 9.17) is 0 Å².